The molecule has 2 N–H and O–H groups in total. The van der Waals surface area contributed by atoms with Crippen LogP contribution in [-0.4, -0.2) is 25.5 Å². The first-order valence-electron chi connectivity index (χ1n) is 9.22. The third kappa shape index (κ3) is 4.84. The van der Waals surface area contributed by atoms with Gasteiger partial charge in [0.15, 0.2) is 0 Å². The number of piperidine rings is 1. The second-order valence-electron chi connectivity index (χ2n) is 7.28. The van der Waals surface area contributed by atoms with Gasteiger partial charge in [-0.25, -0.2) is 0 Å². The summed E-state index contributed by atoms with van der Waals surface area (Å²) in [4.78, 5) is 24.2. The topological polar surface area (TPSA) is 76.7 Å². The summed E-state index contributed by atoms with van der Waals surface area (Å²) in [5.74, 6) is 0.546. The Morgan fingerprint density at radius 1 is 1.13 bits per heavy atom. The lowest BCUT2D eigenvalue weighted by molar-refractivity contribution is -0.137. The second kappa shape index (κ2) is 8.25. The van der Waals surface area contributed by atoms with Gasteiger partial charge < -0.3 is 20.1 Å². The third-order valence-corrected chi connectivity index (χ3v) is 4.96. The summed E-state index contributed by atoms with van der Waals surface area (Å²) in [6.07, 6.45) is -3.75. The minimum atomic E-state index is -4.43. The number of carbonyl (C=O) groups is 2. The van der Waals surface area contributed by atoms with Gasteiger partial charge in [-0.1, -0.05) is 0 Å². The van der Waals surface area contributed by atoms with Crippen molar-refractivity contribution in [2.45, 2.75) is 25.9 Å². The molecule has 2 aromatic carbocycles. The Kier molecular flexibility index (Phi) is 5.91. The predicted octanol–water partition coefficient (Wildman–Crippen LogP) is 4.36. The number of ether oxygens (including phenoxy) is 2. The number of hydrogen-bond donors (Lipinski definition) is 2. The maximum atomic E-state index is 12.8. The molecule has 2 aromatic rings. The molecule has 0 bridgehead atoms. The van der Waals surface area contributed by atoms with Crippen LogP contribution < -0.4 is 20.1 Å². The first-order chi connectivity index (χ1) is 14.1. The average molecular weight is 422 g/mol. The molecule has 0 radical (unpaired) electrons. The number of amides is 2. The molecule has 6 nitrogen and oxygen atoms in total. The van der Waals surface area contributed by atoms with E-state index in [9.17, 15) is 22.8 Å². The van der Waals surface area contributed by atoms with Gasteiger partial charge in [-0.2, -0.15) is 13.2 Å². The van der Waals surface area contributed by atoms with Crippen molar-refractivity contribution in [3.63, 3.8) is 0 Å². The van der Waals surface area contributed by atoms with E-state index in [0.717, 1.165) is 12.1 Å². The van der Waals surface area contributed by atoms with Crippen molar-refractivity contribution in [2.24, 2.45) is 5.41 Å². The van der Waals surface area contributed by atoms with Crippen LogP contribution in [0.3, 0.4) is 0 Å². The first kappa shape index (κ1) is 21.5. The van der Waals surface area contributed by atoms with Crippen LogP contribution in [-0.2, 0) is 15.8 Å². The van der Waals surface area contributed by atoms with E-state index in [0.29, 0.717) is 23.6 Å². The van der Waals surface area contributed by atoms with Crippen molar-refractivity contribution in [3.8, 4) is 17.2 Å². The van der Waals surface area contributed by atoms with Gasteiger partial charge >= 0.3 is 6.18 Å². The summed E-state index contributed by atoms with van der Waals surface area (Å²) in [7, 11) is 1.45. The smallest absolute Gasteiger partial charge is 0.416 e. The molecule has 160 valence electrons. The summed E-state index contributed by atoms with van der Waals surface area (Å²) < 4.78 is 49.0. The molecule has 3 rings (SSSR count). The lowest BCUT2D eigenvalue weighted by Crippen LogP contribution is -2.48. The van der Waals surface area contributed by atoms with Crippen molar-refractivity contribution in [2.75, 3.05) is 19.0 Å². The van der Waals surface area contributed by atoms with Gasteiger partial charge in [-0.3, -0.25) is 9.59 Å². The van der Waals surface area contributed by atoms with E-state index in [1.165, 1.54) is 25.3 Å². The number of rotatable bonds is 5. The fourth-order valence-electron chi connectivity index (χ4n) is 3.02. The zero-order chi connectivity index (χ0) is 21.9. The molecule has 30 heavy (non-hydrogen) atoms. The summed E-state index contributed by atoms with van der Waals surface area (Å²) in [5.41, 5.74) is -1.20. The summed E-state index contributed by atoms with van der Waals surface area (Å²) >= 11 is 0. The highest BCUT2D eigenvalue weighted by atomic mass is 19.4. The monoisotopic (exact) mass is 422 g/mol. The Morgan fingerprint density at radius 2 is 1.80 bits per heavy atom. The molecule has 2 amide bonds. The van der Waals surface area contributed by atoms with Crippen LogP contribution >= 0.6 is 0 Å². The predicted molar refractivity (Wildman–Crippen MR) is 103 cm³/mol. The molecule has 1 unspecified atom stereocenters. The summed E-state index contributed by atoms with van der Waals surface area (Å²) in [6, 6.07) is 8.99. The molecular formula is C21H21F3N2O4. The summed E-state index contributed by atoms with van der Waals surface area (Å²) in [5, 5.41) is 5.49. The van der Waals surface area contributed by atoms with Crippen LogP contribution in [0.1, 0.15) is 25.3 Å². The van der Waals surface area contributed by atoms with Crippen molar-refractivity contribution >= 4 is 17.5 Å². The van der Waals surface area contributed by atoms with E-state index in [1.807, 2.05) is 0 Å². The Bertz CT molecular complexity index is 932. The van der Waals surface area contributed by atoms with E-state index < -0.39 is 17.2 Å². The van der Waals surface area contributed by atoms with E-state index in [-0.39, 0.29) is 30.5 Å². The Balaban J connectivity index is 1.76. The van der Waals surface area contributed by atoms with Crippen LogP contribution in [0, 0.1) is 5.41 Å². The SMILES string of the molecule is COc1ccc(Oc2ccc(C(F)(F)F)cc2)cc1NC(=O)C1(C)CCC(=O)NC1. The van der Waals surface area contributed by atoms with Crippen LogP contribution in [0.15, 0.2) is 42.5 Å². The number of halogens is 3. The van der Waals surface area contributed by atoms with Crippen LogP contribution in [0.25, 0.3) is 0 Å². The normalized spacial score (nSPS) is 19.0. The molecule has 9 heteroatoms. The average Bonchev–Trinajstić information content (AvgIpc) is 2.70. The number of nitrogens with one attached hydrogen (secondary N) is 2. The molecule has 1 atom stereocenters. The zero-order valence-corrected chi connectivity index (χ0v) is 16.4. The van der Waals surface area contributed by atoms with Crippen molar-refractivity contribution in [1.29, 1.82) is 0 Å². The number of anilines is 1. The Hall–Kier alpha value is -3.23. The van der Waals surface area contributed by atoms with E-state index in [1.54, 1.807) is 19.1 Å². The van der Waals surface area contributed by atoms with Crippen molar-refractivity contribution in [1.82, 2.24) is 5.32 Å². The van der Waals surface area contributed by atoms with Gasteiger partial charge in [-0.05, 0) is 49.7 Å². The van der Waals surface area contributed by atoms with Crippen molar-refractivity contribution in [3.05, 3.63) is 48.0 Å². The standard InChI is InChI=1S/C21H21F3N2O4/c1-20(10-9-18(27)25-12-20)19(28)26-16-11-15(7-8-17(16)29-2)30-14-5-3-13(4-6-14)21(22,23)24/h3-8,11H,9-10,12H2,1-2H3,(H,25,27)(H,26,28). The molecular weight excluding hydrogens is 401 g/mol. The lowest BCUT2D eigenvalue weighted by Gasteiger charge is -2.32. The zero-order valence-electron chi connectivity index (χ0n) is 16.4. The van der Waals surface area contributed by atoms with Gasteiger partial charge in [0.1, 0.15) is 17.2 Å². The quantitative estimate of drug-likeness (QED) is 0.751. The molecule has 0 aliphatic carbocycles. The highest BCUT2D eigenvalue weighted by Gasteiger charge is 2.37. The molecule has 0 saturated carbocycles. The van der Waals surface area contributed by atoms with Gasteiger partial charge in [0.2, 0.25) is 11.8 Å². The molecule has 1 aliphatic rings. The number of benzene rings is 2. The highest BCUT2D eigenvalue weighted by molar-refractivity contribution is 5.97. The van der Waals surface area contributed by atoms with Gasteiger partial charge in [0.05, 0.1) is 23.8 Å². The number of carbonyl (C=O) groups excluding carboxylic acids is 2. The van der Waals surface area contributed by atoms with Crippen LogP contribution in [0.4, 0.5) is 18.9 Å². The molecule has 0 aromatic heterocycles. The van der Waals surface area contributed by atoms with Crippen molar-refractivity contribution < 1.29 is 32.2 Å². The molecule has 0 spiro atoms. The first-order valence-corrected chi connectivity index (χ1v) is 9.22. The molecule has 1 saturated heterocycles. The van der Waals surface area contributed by atoms with E-state index in [4.69, 9.17) is 9.47 Å². The minimum absolute atomic E-state index is 0.0928. The van der Waals surface area contributed by atoms with E-state index >= 15 is 0 Å². The fraction of sp³-hybridized carbons (Fsp3) is 0.333. The van der Waals surface area contributed by atoms with Gasteiger partial charge in [0, 0.05) is 19.0 Å². The lowest BCUT2D eigenvalue weighted by atomic mass is 9.81. The summed E-state index contributed by atoms with van der Waals surface area (Å²) in [6.45, 7) is 1.98. The highest BCUT2D eigenvalue weighted by Crippen LogP contribution is 2.35. The maximum absolute atomic E-state index is 12.8. The fourth-order valence-corrected chi connectivity index (χ4v) is 3.02. The van der Waals surface area contributed by atoms with Gasteiger partial charge in [0.25, 0.3) is 0 Å². The number of alkyl halides is 3. The number of hydrogen-bond acceptors (Lipinski definition) is 4. The minimum Gasteiger partial charge on any atom is -0.495 e. The molecule has 1 heterocycles. The van der Waals surface area contributed by atoms with Gasteiger partial charge in [-0.15, -0.1) is 0 Å². The van der Waals surface area contributed by atoms with Crippen LogP contribution in [0.2, 0.25) is 0 Å². The number of methoxy groups -OCH3 is 1. The van der Waals surface area contributed by atoms with Crippen LogP contribution in [0.5, 0.6) is 17.2 Å². The second-order valence-corrected chi connectivity index (χ2v) is 7.28. The largest absolute Gasteiger partial charge is 0.495 e. The molecule has 1 aliphatic heterocycles. The molecule has 1 fully saturated rings. The Morgan fingerprint density at radius 3 is 2.37 bits per heavy atom. The van der Waals surface area contributed by atoms with E-state index in [2.05, 4.69) is 10.6 Å². The maximum Gasteiger partial charge on any atom is 0.416 e. The Labute approximate surface area is 171 Å². The third-order valence-electron chi connectivity index (χ3n) is 4.96.